The van der Waals surface area contributed by atoms with Crippen molar-refractivity contribution < 1.29 is 118 Å². The molecule has 142 heavy (non-hydrogen) atoms. The number of hydrogen-bond acceptors (Lipinski definition) is 34. The molecule has 2 saturated heterocycles. The second-order valence-corrected chi connectivity index (χ2v) is 37.5. The maximum Gasteiger partial charge on any atom is 0.435 e. The van der Waals surface area contributed by atoms with E-state index in [4.69, 9.17) is 132 Å². The summed E-state index contributed by atoms with van der Waals surface area (Å²) in [6.45, 7) is 30.1. The lowest BCUT2D eigenvalue weighted by Gasteiger charge is -2.35. The van der Waals surface area contributed by atoms with Crippen molar-refractivity contribution in [2.75, 3.05) is 144 Å². The van der Waals surface area contributed by atoms with E-state index in [0.29, 0.717) is 156 Å². The first-order chi connectivity index (χ1) is 66.6. The van der Waals surface area contributed by atoms with Gasteiger partial charge in [-0.2, -0.15) is 32.0 Å². The molecule has 792 valence electrons. The quantitative estimate of drug-likeness (QED) is 0.00265. The van der Waals surface area contributed by atoms with E-state index in [1.165, 1.54) is 35.3 Å². The average molecular weight is 2070 g/mol. The van der Waals surface area contributed by atoms with E-state index in [9.17, 15) is 60.0 Å². The monoisotopic (exact) mass is 2070 g/mol. The van der Waals surface area contributed by atoms with Gasteiger partial charge < -0.3 is 97.1 Å². The number of aliphatic hydroxyl groups excluding tert-OH is 4. The Kier molecular flexibility index (Phi) is 67.9. The van der Waals surface area contributed by atoms with Crippen LogP contribution in [0.15, 0.2) is 87.6 Å². The first-order valence-electron chi connectivity index (χ1n) is 44.1. The highest BCUT2D eigenvalue weighted by molar-refractivity contribution is 8.20. The molecule has 4 aromatic rings. The number of nitrogens with two attached hydrogens (primary N) is 4. The van der Waals surface area contributed by atoms with Crippen LogP contribution in [-0.4, -0.2) is 324 Å². The largest absolute Gasteiger partial charge is 0.444 e. The van der Waals surface area contributed by atoms with Crippen LogP contribution in [0.25, 0.3) is 0 Å². The number of nitrogens with zero attached hydrogens (tertiary/aromatic N) is 11. The van der Waals surface area contributed by atoms with Crippen LogP contribution in [0.3, 0.4) is 0 Å². The summed E-state index contributed by atoms with van der Waals surface area (Å²) in [7, 11) is -1.94. The molecule has 3 fully saturated rings. The van der Waals surface area contributed by atoms with E-state index >= 15 is 0 Å². The molecule has 45 nitrogen and oxygen atoms in total. The number of terminal acetylenes is 6. The standard InChI is InChI=1S/C19H22N2O4.C16H25N7O6S.C11H20N2O2.C11H19NO3.C10H15N3O2.C8H5NO2.C6H11NO.C5H8O3S.C4H6O.C2H7NO.CH3ClS.H2N2.H2/c1-5-6-11-20(18(24)25-19(2,3)4)12-13-21-16(22)14-9-7-8-10-15(14)17(21)23;17-14(18)20-6-5-19-4-1-10-7-11(21-28-10)12-8-16(2-3-16)13-9-22(12)15(24)23(13)29-30(25,26)27;1-5-6-8-13(9-7-12)10(14)15-11(2,3)4;1-5-6-7-12(8-9-13)10(14)15-11(2,3)4;1-8(13-7-5-6-11-13)12-9(14)15-10(2,3)4;10-7-5-3-1-2-4-6(5)8(11)9-7;1-2-3-4-7-5-6-8;1-3-4-5-8-9(2,6)7;1-2-3-4-5;3-1-2-4;1-3-2;1-2;/h1,7-10H,6,11-13H2,2-4H3;7,12-13,19H,1-6,8-9H2,(H4,17,18,20)(H,25,26,27);1H,6-9,12H2,2-4H3;1,13H,6-9H2,2-4H3;5-7H,1-4H3;1-4H,(H,9,10,11);1,7-8H,3-6H2;1H,4-5H2,2H3;1,5H,3-4H2;4H,1-3H2;1H3;1-2H;1H/t;12-,13-;;;;;;;;;;;/m.0.........../s1. The number of benzene rings is 2. The average Bonchev–Trinajstić information content (AvgIpc) is 1.54. The number of carbonyl (C=O) groups is 9. The molecule has 0 unspecified atom stereocenters. The number of nitrogens with one attached hydrogen (secondary N) is 5. The van der Waals surface area contributed by atoms with Gasteiger partial charge in [-0.05, 0) is 162 Å². The number of amides is 10. The molecule has 2 aromatic heterocycles. The molecule has 1 aliphatic carbocycles. The van der Waals surface area contributed by atoms with Crippen LogP contribution < -0.4 is 38.9 Å². The summed E-state index contributed by atoms with van der Waals surface area (Å²) in [6.07, 6.45) is 40.1. The molecule has 5 aliphatic rings. The Morgan fingerprint density at radius 2 is 1.09 bits per heavy atom. The van der Waals surface area contributed by atoms with Gasteiger partial charge in [0.1, 0.15) is 39.7 Å². The van der Waals surface area contributed by atoms with E-state index in [0.717, 1.165) is 42.0 Å². The fourth-order valence-electron chi connectivity index (χ4n) is 11.4. The number of aromatic nitrogens is 3. The first-order valence-corrected chi connectivity index (χ1v) is 49.4. The summed E-state index contributed by atoms with van der Waals surface area (Å²) < 4.78 is 88.4. The summed E-state index contributed by atoms with van der Waals surface area (Å²) in [4.78, 5) is 121. The lowest BCUT2D eigenvalue weighted by atomic mass is 9.84. The number of guanidine groups is 1. The van der Waals surface area contributed by atoms with Gasteiger partial charge in [0.05, 0.1) is 80.2 Å². The summed E-state index contributed by atoms with van der Waals surface area (Å²) in [5, 5.41) is 49.9. The van der Waals surface area contributed by atoms with E-state index in [1.54, 1.807) is 136 Å². The number of rotatable bonds is 31. The van der Waals surface area contributed by atoms with Crippen LogP contribution in [0.5, 0.6) is 0 Å². The predicted molar refractivity (Wildman–Crippen MR) is 541 cm³/mol. The van der Waals surface area contributed by atoms with Crippen LogP contribution >= 0.6 is 21.7 Å². The van der Waals surface area contributed by atoms with Gasteiger partial charge in [-0.15, -0.1) is 78.3 Å². The summed E-state index contributed by atoms with van der Waals surface area (Å²) in [5.74, 6) is 14.3. The zero-order valence-corrected chi connectivity index (χ0v) is 86.7. The Morgan fingerprint density at radius 1 is 0.641 bits per heavy atom. The number of ether oxygens (including phenoxy) is 4. The maximum atomic E-state index is 12.7. The zero-order valence-electron chi connectivity index (χ0n) is 83.5. The van der Waals surface area contributed by atoms with Crippen LogP contribution in [0.1, 0.15) is 208 Å². The Hall–Kier alpha value is -12.3. The highest BCUT2D eigenvalue weighted by Crippen LogP contribution is 2.62. The highest BCUT2D eigenvalue weighted by Gasteiger charge is 2.64. The predicted octanol–water partition coefficient (Wildman–Crippen LogP) is 7.65. The maximum absolute atomic E-state index is 12.7. The third kappa shape index (κ3) is 60.1. The van der Waals surface area contributed by atoms with Gasteiger partial charge in [-0.3, -0.25) is 43.1 Å². The number of halogens is 1. The van der Waals surface area contributed by atoms with Gasteiger partial charge in [0.25, 0.3) is 33.7 Å². The van der Waals surface area contributed by atoms with Gasteiger partial charge in [0.2, 0.25) is 0 Å². The molecule has 2 atom stereocenters. The number of fused-ring (bicyclic) bond motifs is 5. The molecular formula is C93H145ClN20O25S3. The van der Waals surface area contributed by atoms with E-state index in [2.05, 4.69) is 80.2 Å². The second-order valence-electron chi connectivity index (χ2n) is 33.6. The lowest BCUT2D eigenvalue weighted by molar-refractivity contribution is -0.0527. The number of carbonyl (C=O) groups excluding carboxylic acids is 9. The normalized spacial score (nSPS) is 14.0. The minimum atomic E-state index is -4.79. The van der Waals surface area contributed by atoms with Crippen LogP contribution in [-0.2, 0) is 54.4 Å². The van der Waals surface area contributed by atoms with Gasteiger partial charge in [0.15, 0.2) is 5.96 Å². The molecule has 18 N–H and O–H groups in total. The Balaban J connectivity index is -0.000000780. The molecule has 1 saturated carbocycles. The number of aliphatic imine (C=N–C) groups is 2. The number of hydrogen-bond donors (Lipinski definition) is 14. The molecular weight excluding hydrogens is 1930 g/mol. The molecule has 2 aromatic carbocycles. The first kappa shape index (κ1) is 134. The van der Waals surface area contributed by atoms with Crippen LogP contribution in [0.4, 0.5) is 24.0 Å². The van der Waals surface area contributed by atoms with Crippen molar-refractivity contribution in [3.63, 3.8) is 0 Å². The molecule has 9 rings (SSSR count). The highest BCUT2D eigenvalue weighted by atomic mass is 35.7. The lowest BCUT2D eigenvalue weighted by Crippen LogP contribution is -2.43. The fourth-order valence-corrected chi connectivity index (χ4v) is 12.2. The summed E-state index contributed by atoms with van der Waals surface area (Å²) in [5.41, 5.74) is 30.6. The summed E-state index contributed by atoms with van der Waals surface area (Å²) >= 11 is 0. The van der Waals surface area contributed by atoms with Crippen LogP contribution in [0, 0.1) is 90.5 Å². The van der Waals surface area contributed by atoms with Gasteiger partial charge in [-0.1, -0.05) is 40.4 Å². The fraction of sp³-hybridized carbons (Fsp3) is 0.559. The van der Waals surface area contributed by atoms with Gasteiger partial charge in [-0.25, -0.2) is 39.7 Å². The molecule has 2 bridgehead atoms. The molecule has 10 amide bonds. The van der Waals surface area contributed by atoms with E-state index < -0.39 is 73.3 Å². The number of hydroxylamine groups is 2. The van der Waals surface area contributed by atoms with Crippen molar-refractivity contribution in [2.45, 2.75) is 189 Å². The summed E-state index contributed by atoms with van der Waals surface area (Å²) in [6, 6.07) is 15.6. The molecule has 0 radical (unpaired) electrons. The van der Waals surface area contributed by atoms with Crippen molar-refractivity contribution >= 4 is 108 Å². The Morgan fingerprint density at radius 3 is 1.47 bits per heavy atom. The van der Waals surface area contributed by atoms with Gasteiger partial charge >= 0.3 is 40.8 Å². The second kappa shape index (κ2) is 72.0. The van der Waals surface area contributed by atoms with Crippen molar-refractivity contribution in [3.05, 3.63) is 107 Å². The van der Waals surface area contributed by atoms with Gasteiger partial charge in [0, 0.05) is 156 Å². The molecule has 1 spiro atoms. The third-order valence-electron chi connectivity index (χ3n) is 17.4. The Labute approximate surface area is 844 Å². The third-order valence-corrected chi connectivity index (χ3v) is 18.4. The number of imide groups is 2. The van der Waals surface area contributed by atoms with Crippen molar-refractivity contribution in [3.8, 4) is 74.1 Å². The molecule has 6 heterocycles. The minimum absolute atomic E-state index is 0. The Bertz CT molecular complexity index is 4940. The molecule has 4 aliphatic heterocycles. The number of aliphatic hydroxyl groups is 4. The minimum Gasteiger partial charge on any atom is -0.444 e. The zero-order chi connectivity index (χ0) is 109. The molecule has 49 heteroatoms. The van der Waals surface area contributed by atoms with Crippen molar-refractivity contribution in [1.29, 1.82) is 11.1 Å². The van der Waals surface area contributed by atoms with Crippen molar-refractivity contribution in [1.82, 2.24) is 60.5 Å². The van der Waals surface area contributed by atoms with E-state index in [1.807, 2.05) is 33.1 Å². The smallest absolute Gasteiger partial charge is 0.435 e. The number of urea groups is 1. The SMILES string of the molecule is C#CCCN(CCN)C(=O)OC(C)(C)C.C#CCCN(CCN1C(=O)c2ccccc2C1=O)C(=O)OC(C)(C)C.C#CCCN(CCO)C(=O)OC(C)(C)C.C#CCCNCCO.C#CCCO.C#CCCOS(C)(=O)=O.CC(=NC(=O)OC(C)(C)C)n1cccn1.CSCl.N=N.NC(N)=NCCNCCc1cc([C@@H]2CC3(CC3)[C@@H]3CN2C(=O)N3OS(=O)(=O)O)no1.NCCO.O=C1NC(=O)c2ccccc21.[HH]. The number of piperidine rings is 1. The van der Waals surface area contributed by atoms with Crippen LogP contribution in [0.2, 0.25) is 0 Å². The van der Waals surface area contributed by atoms with Crippen molar-refractivity contribution in [2.24, 2.45) is 38.3 Å². The van der Waals surface area contributed by atoms with E-state index in [-0.39, 0.29) is 101 Å². The topological polar surface area (TPSA) is 654 Å².